The van der Waals surface area contributed by atoms with E-state index in [2.05, 4.69) is 23.7 Å². The minimum Gasteiger partial charge on any atom is -0.344 e. The third kappa shape index (κ3) is 4.14. The van der Waals surface area contributed by atoms with Gasteiger partial charge < -0.3 is 14.8 Å². The van der Waals surface area contributed by atoms with Gasteiger partial charge in [0.1, 0.15) is 22.7 Å². The lowest BCUT2D eigenvalue weighted by molar-refractivity contribution is -0.112. The second-order valence-electron chi connectivity index (χ2n) is 7.80. The molecule has 3 rings (SSSR count). The van der Waals surface area contributed by atoms with Crippen LogP contribution in [0.4, 0.5) is 5.00 Å². The smallest absolute Gasteiger partial charge is 0.266 e. The molecule has 0 saturated heterocycles. The predicted molar refractivity (Wildman–Crippen MR) is 126 cm³/mol. The van der Waals surface area contributed by atoms with Crippen molar-refractivity contribution in [2.45, 2.75) is 26.8 Å². The molecule has 7 nitrogen and oxygen atoms in total. The van der Waals surface area contributed by atoms with Gasteiger partial charge in [0, 0.05) is 42.8 Å². The van der Waals surface area contributed by atoms with Crippen LogP contribution in [0.2, 0.25) is 0 Å². The maximum atomic E-state index is 12.9. The molecule has 2 heterocycles. The van der Waals surface area contributed by atoms with E-state index in [0.717, 1.165) is 27.8 Å². The highest BCUT2D eigenvalue weighted by molar-refractivity contribution is 7.18. The molecule has 0 aliphatic heterocycles. The highest BCUT2D eigenvalue weighted by atomic mass is 32.1. The van der Waals surface area contributed by atoms with Gasteiger partial charge in [0.2, 0.25) is 0 Å². The van der Waals surface area contributed by atoms with Crippen molar-refractivity contribution in [1.29, 1.82) is 10.5 Å². The van der Waals surface area contributed by atoms with Crippen LogP contribution in [0.1, 0.15) is 46.3 Å². The van der Waals surface area contributed by atoms with Crippen LogP contribution >= 0.6 is 11.3 Å². The third-order valence-electron chi connectivity index (χ3n) is 5.08. The summed E-state index contributed by atoms with van der Waals surface area (Å²) in [6.07, 6.45) is 3.47. The van der Waals surface area contributed by atoms with Gasteiger partial charge in [0.25, 0.3) is 11.8 Å². The van der Waals surface area contributed by atoms with Gasteiger partial charge in [0.05, 0.1) is 10.4 Å². The van der Waals surface area contributed by atoms with Crippen molar-refractivity contribution in [3.8, 4) is 12.1 Å². The number of hydrogen-bond acceptors (Lipinski definition) is 5. The van der Waals surface area contributed by atoms with Gasteiger partial charge in [-0.1, -0.05) is 18.2 Å². The van der Waals surface area contributed by atoms with E-state index in [1.807, 2.05) is 42.6 Å². The van der Waals surface area contributed by atoms with Gasteiger partial charge in [-0.15, -0.1) is 11.3 Å². The number of nitrogens with one attached hydrogen (secondary N) is 1. The Morgan fingerprint density at radius 2 is 1.91 bits per heavy atom. The Balaban J connectivity index is 2.00. The molecular weight excluding hydrogens is 422 g/mol. The van der Waals surface area contributed by atoms with Crippen LogP contribution in [0.5, 0.6) is 0 Å². The minimum absolute atomic E-state index is 0.0907. The number of thiophene rings is 1. The van der Waals surface area contributed by atoms with Gasteiger partial charge in [-0.25, -0.2) is 0 Å². The van der Waals surface area contributed by atoms with E-state index in [1.54, 1.807) is 27.1 Å². The van der Waals surface area contributed by atoms with Gasteiger partial charge in [0.15, 0.2) is 0 Å². The molecule has 0 unspecified atom stereocenters. The topological polar surface area (TPSA) is 102 Å². The van der Waals surface area contributed by atoms with Crippen molar-refractivity contribution in [2.24, 2.45) is 0 Å². The van der Waals surface area contributed by atoms with Crippen molar-refractivity contribution < 1.29 is 9.59 Å². The van der Waals surface area contributed by atoms with Crippen molar-refractivity contribution >= 4 is 45.1 Å². The number of para-hydroxylation sites is 1. The summed E-state index contributed by atoms with van der Waals surface area (Å²) >= 11 is 1.03. The Kier molecular flexibility index (Phi) is 6.47. The Morgan fingerprint density at radius 1 is 1.22 bits per heavy atom. The van der Waals surface area contributed by atoms with Gasteiger partial charge >= 0.3 is 0 Å². The summed E-state index contributed by atoms with van der Waals surface area (Å²) in [6.45, 7) is 5.79. The number of amides is 2. The van der Waals surface area contributed by atoms with E-state index in [1.165, 1.54) is 4.90 Å². The zero-order chi connectivity index (χ0) is 23.6. The predicted octanol–water partition coefficient (Wildman–Crippen LogP) is 4.71. The Morgan fingerprint density at radius 3 is 2.50 bits per heavy atom. The molecule has 8 heteroatoms. The molecule has 0 aliphatic carbocycles. The van der Waals surface area contributed by atoms with E-state index in [4.69, 9.17) is 0 Å². The fourth-order valence-electron chi connectivity index (χ4n) is 3.39. The van der Waals surface area contributed by atoms with Crippen LogP contribution in [0.15, 0.2) is 36.0 Å². The molecule has 2 aromatic heterocycles. The second kappa shape index (κ2) is 9.09. The Labute approximate surface area is 190 Å². The number of anilines is 1. The first kappa shape index (κ1) is 22.8. The number of nitrogens with zero attached hydrogens (tertiary/aromatic N) is 4. The highest BCUT2D eigenvalue weighted by Gasteiger charge is 2.23. The quantitative estimate of drug-likeness (QED) is 0.454. The summed E-state index contributed by atoms with van der Waals surface area (Å²) in [6, 6.07) is 12.0. The summed E-state index contributed by atoms with van der Waals surface area (Å²) in [5.74, 6) is -0.877. The molecule has 1 N–H and O–H groups in total. The van der Waals surface area contributed by atoms with Crippen molar-refractivity contribution in [3.63, 3.8) is 0 Å². The van der Waals surface area contributed by atoms with Crippen LogP contribution in [-0.4, -0.2) is 35.4 Å². The number of carbonyl (C=O) groups excluding carboxylic acids is 2. The molecule has 0 spiro atoms. The van der Waals surface area contributed by atoms with E-state index < -0.39 is 5.91 Å². The number of rotatable bonds is 5. The third-order valence-corrected chi connectivity index (χ3v) is 6.27. The number of carbonyl (C=O) groups is 2. The molecule has 0 radical (unpaired) electrons. The molecule has 0 aliphatic rings. The van der Waals surface area contributed by atoms with Crippen molar-refractivity contribution in [2.75, 3.05) is 19.4 Å². The molecule has 0 saturated carbocycles. The number of nitriles is 2. The molecule has 0 atom stereocenters. The SMILES string of the molecule is Cc1c(C(=O)N(C)C)sc(NC(=O)/C(C#N)=C/c2cn(C(C)C)c3ccccc23)c1C#N. The lowest BCUT2D eigenvalue weighted by Crippen LogP contribution is -2.21. The largest absolute Gasteiger partial charge is 0.344 e. The summed E-state index contributed by atoms with van der Waals surface area (Å²) in [5.41, 5.74) is 2.41. The van der Waals surface area contributed by atoms with Crippen molar-refractivity contribution in [1.82, 2.24) is 9.47 Å². The minimum atomic E-state index is -0.629. The summed E-state index contributed by atoms with van der Waals surface area (Å²) in [7, 11) is 3.24. The molecule has 162 valence electrons. The van der Waals surface area contributed by atoms with Crippen LogP contribution in [0.25, 0.3) is 17.0 Å². The molecule has 32 heavy (non-hydrogen) atoms. The van der Waals surface area contributed by atoms with Crippen LogP contribution < -0.4 is 5.32 Å². The second-order valence-corrected chi connectivity index (χ2v) is 8.82. The molecule has 3 aromatic rings. The number of benzene rings is 1. The highest BCUT2D eigenvalue weighted by Crippen LogP contribution is 2.33. The monoisotopic (exact) mass is 445 g/mol. The Bertz CT molecular complexity index is 1330. The molecule has 0 bridgehead atoms. The summed E-state index contributed by atoms with van der Waals surface area (Å²) in [4.78, 5) is 27.1. The van der Waals surface area contributed by atoms with E-state index in [-0.39, 0.29) is 28.1 Å². The number of fused-ring (bicyclic) bond motifs is 1. The maximum absolute atomic E-state index is 12.9. The molecule has 0 fully saturated rings. The lowest BCUT2D eigenvalue weighted by Gasteiger charge is -2.08. The Hall–Kier alpha value is -3.88. The first-order valence-corrected chi connectivity index (χ1v) is 10.8. The number of aromatic nitrogens is 1. The maximum Gasteiger partial charge on any atom is 0.266 e. The average molecular weight is 446 g/mol. The van der Waals surface area contributed by atoms with Crippen LogP contribution in [0, 0.1) is 29.6 Å². The first-order chi connectivity index (χ1) is 15.2. The lowest BCUT2D eigenvalue weighted by atomic mass is 10.1. The average Bonchev–Trinajstić information content (AvgIpc) is 3.28. The van der Waals surface area contributed by atoms with E-state index in [0.29, 0.717) is 10.4 Å². The van der Waals surface area contributed by atoms with Crippen molar-refractivity contribution in [3.05, 3.63) is 57.6 Å². The fraction of sp³-hybridized carbons (Fsp3) is 0.250. The van der Waals surface area contributed by atoms with Gasteiger partial charge in [-0.2, -0.15) is 10.5 Å². The van der Waals surface area contributed by atoms with Crippen LogP contribution in [-0.2, 0) is 4.79 Å². The van der Waals surface area contributed by atoms with Gasteiger partial charge in [-0.05, 0) is 38.5 Å². The zero-order valence-corrected chi connectivity index (χ0v) is 19.4. The zero-order valence-electron chi connectivity index (χ0n) is 18.6. The molecular formula is C24H23N5O2S. The first-order valence-electron chi connectivity index (χ1n) is 9.97. The normalized spacial score (nSPS) is 11.3. The van der Waals surface area contributed by atoms with Gasteiger partial charge in [-0.3, -0.25) is 9.59 Å². The summed E-state index contributed by atoms with van der Waals surface area (Å²) in [5, 5.41) is 23.1. The number of hydrogen-bond donors (Lipinski definition) is 1. The summed E-state index contributed by atoms with van der Waals surface area (Å²) < 4.78 is 2.09. The fourth-order valence-corrected chi connectivity index (χ4v) is 4.57. The van der Waals surface area contributed by atoms with Crippen LogP contribution in [0.3, 0.4) is 0 Å². The van der Waals surface area contributed by atoms with E-state index >= 15 is 0 Å². The van der Waals surface area contributed by atoms with E-state index in [9.17, 15) is 20.1 Å². The molecule has 2 amide bonds. The molecule has 1 aromatic carbocycles. The standard InChI is InChI=1S/C24H23N5O2S/c1-14(2)29-13-17(18-8-6-7-9-20(18)29)10-16(11-25)22(30)27-23-19(12-26)15(3)21(32-23)24(31)28(4)5/h6-10,13-14H,1-5H3,(H,27,30)/b16-10+.